The van der Waals surface area contributed by atoms with Gasteiger partial charge in [-0.25, -0.2) is 0 Å². The number of thioether (sulfide) groups is 1. The predicted octanol–water partition coefficient (Wildman–Crippen LogP) is 5.60. The van der Waals surface area contributed by atoms with Crippen LogP contribution in [0.25, 0.3) is 0 Å². The van der Waals surface area contributed by atoms with Gasteiger partial charge in [0.15, 0.2) is 0 Å². The summed E-state index contributed by atoms with van der Waals surface area (Å²) < 4.78 is 0. The van der Waals surface area contributed by atoms with Crippen LogP contribution in [-0.2, 0) is 5.75 Å². The van der Waals surface area contributed by atoms with Crippen LogP contribution in [0.15, 0.2) is 35.9 Å². The van der Waals surface area contributed by atoms with Crippen LogP contribution in [0.5, 0.6) is 0 Å². The summed E-state index contributed by atoms with van der Waals surface area (Å²) in [4.78, 5) is 10.4. The van der Waals surface area contributed by atoms with E-state index in [1.54, 1.807) is 12.1 Å². The first kappa shape index (κ1) is 20.4. The Labute approximate surface area is 166 Å². The topological polar surface area (TPSA) is 63.4 Å². The molecule has 1 saturated carbocycles. The van der Waals surface area contributed by atoms with Crippen LogP contribution in [0.2, 0.25) is 0 Å². The van der Waals surface area contributed by atoms with Gasteiger partial charge in [-0.2, -0.15) is 11.8 Å². The quantitative estimate of drug-likeness (QED) is 0.404. The van der Waals surface area contributed by atoms with Crippen LogP contribution in [-0.4, -0.2) is 21.9 Å². The third-order valence-electron chi connectivity index (χ3n) is 6.67. The fraction of sp³-hybridized carbons (Fsp3) is 0.636. The van der Waals surface area contributed by atoms with Crippen molar-refractivity contribution in [2.24, 2.45) is 23.2 Å². The van der Waals surface area contributed by atoms with E-state index in [0.29, 0.717) is 17.3 Å². The molecule has 3 rings (SSSR count). The minimum Gasteiger partial charge on any atom is -0.389 e. The summed E-state index contributed by atoms with van der Waals surface area (Å²) in [6.45, 7) is 6.83. The fourth-order valence-corrected chi connectivity index (χ4v) is 6.08. The zero-order chi connectivity index (χ0) is 19.6. The lowest BCUT2D eigenvalue weighted by molar-refractivity contribution is -0.384. The van der Waals surface area contributed by atoms with Crippen LogP contribution in [0, 0.1) is 33.3 Å². The number of nitrogens with zero attached hydrogens (tertiary/aromatic N) is 1. The summed E-state index contributed by atoms with van der Waals surface area (Å²) in [7, 11) is 0. The van der Waals surface area contributed by atoms with Gasteiger partial charge in [0.1, 0.15) is 0 Å². The van der Waals surface area contributed by atoms with Crippen molar-refractivity contribution in [3.05, 3.63) is 51.6 Å². The van der Waals surface area contributed by atoms with Gasteiger partial charge in [0.2, 0.25) is 0 Å². The lowest BCUT2D eigenvalue weighted by Crippen LogP contribution is -2.47. The first-order valence-electron chi connectivity index (χ1n) is 9.93. The maximum absolute atomic E-state index is 10.8. The molecule has 0 saturated heterocycles. The smallest absolute Gasteiger partial charge is 0.269 e. The number of rotatable bonds is 5. The van der Waals surface area contributed by atoms with E-state index in [2.05, 4.69) is 26.8 Å². The van der Waals surface area contributed by atoms with Gasteiger partial charge in [-0.1, -0.05) is 32.1 Å². The number of non-ortho nitro benzene ring substituents is 1. The third kappa shape index (κ3) is 4.75. The molecule has 2 aliphatic carbocycles. The number of nitro groups is 1. The van der Waals surface area contributed by atoms with Crippen molar-refractivity contribution in [2.75, 3.05) is 5.75 Å². The molecular formula is C22H31NO3S. The average Bonchev–Trinajstić information content (AvgIpc) is 2.66. The Balaban J connectivity index is 1.60. The van der Waals surface area contributed by atoms with E-state index in [1.165, 1.54) is 6.42 Å². The average molecular weight is 390 g/mol. The molecule has 0 aliphatic heterocycles. The van der Waals surface area contributed by atoms with Gasteiger partial charge < -0.3 is 5.11 Å². The molecule has 0 heterocycles. The SMILES string of the molecule is C/C1=C/CC2C(CC2(C)C)C(CSCc2ccc([N+](=O)[O-])cc2)CCC1O. The molecule has 0 aromatic heterocycles. The first-order valence-corrected chi connectivity index (χ1v) is 11.1. The van der Waals surface area contributed by atoms with Crippen LogP contribution in [0.3, 0.4) is 0 Å². The molecule has 5 heteroatoms. The number of aliphatic hydroxyl groups excluding tert-OH is 1. The molecule has 4 atom stereocenters. The lowest BCUT2D eigenvalue weighted by Gasteiger charge is -2.54. The molecule has 1 fully saturated rings. The highest BCUT2D eigenvalue weighted by Gasteiger charge is 2.49. The highest BCUT2D eigenvalue weighted by atomic mass is 32.2. The molecule has 2 aliphatic rings. The summed E-state index contributed by atoms with van der Waals surface area (Å²) in [5.41, 5.74) is 2.82. The Morgan fingerprint density at radius 3 is 2.59 bits per heavy atom. The minimum atomic E-state index is -0.353. The molecule has 0 bridgehead atoms. The Bertz CT molecular complexity index is 698. The van der Waals surface area contributed by atoms with E-state index in [4.69, 9.17) is 0 Å². The number of fused-ring (bicyclic) bond motifs is 1. The van der Waals surface area contributed by atoms with Gasteiger partial charge in [0.25, 0.3) is 5.69 Å². The van der Waals surface area contributed by atoms with Crippen LogP contribution < -0.4 is 0 Å². The Kier molecular flexibility index (Phi) is 6.32. The molecule has 1 aromatic rings. The molecule has 0 radical (unpaired) electrons. The standard InChI is InChI=1S/C22H31NO3S/c1-15-4-10-20-19(12-22(20,2)3)17(7-11-21(15)24)14-27-13-16-5-8-18(9-6-16)23(25)26/h4-6,8-9,17,19-21,24H,7,10-14H2,1-3H3/b15-4-. The second kappa shape index (κ2) is 8.36. The summed E-state index contributed by atoms with van der Waals surface area (Å²) in [6, 6.07) is 6.90. The molecular weight excluding hydrogens is 358 g/mol. The van der Waals surface area contributed by atoms with Crippen molar-refractivity contribution in [1.82, 2.24) is 0 Å². The fourth-order valence-electron chi connectivity index (χ4n) is 4.82. The van der Waals surface area contributed by atoms with Gasteiger partial charge >= 0.3 is 0 Å². The largest absolute Gasteiger partial charge is 0.389 e. The van der Waals surface area contributed by atoms with Gasteiger partial charge in [-0.05, 0) is 72.7 Å². The number of aliphatic hydroxyl groups is 1. The van der Waals surface area contributed by atoms with Crippen molar-refractivity contribution >= 4 is 17.4 Å². The Morgan fingerprint density at radius 1 is 1.26 bits per heavy atom. The maximum atomic E-state index is 10.8. The van der Waals surface area contributed by atoms with E-state index in [1.807, 2.05) is 23.9 Å². The van der Waals surface area contributed by atoms with E-state index < -0.39 is 0 Å². The number of hydrogen-bond acceptors (Lipinski definition) is 4. The van der Waals surface area contributed by atoms with E-state index in [9.17, 15) is 15.2 Å². The molecule has 148 valence electrons. The second-order valence-corrected chi connectivity index (χ2v) is 9.97. The zero-order valence-electron chi connectivity index (χ0n) is 16.6. The number of benzene rings is 1. The van der Waals surface area contributed by atoms with Crippen LogP contribution in [0.4, 0.5) is 5.69 Å². The maximum Gasteiger partial charge on any atom is 0.269 e. The van der Waals surface area contributed by atoms with Crippen LogP contribution >= 0.6 is 11.8 Å². The van der Waals surface area contributed by atoms with Gasteiger partial charge in [-0.15, -0.1) is 0 Å². The molecule has 4 unspecified atom stereocenters. The van der Waals surface area contributed by atoms with E-state index in [-0.39, 0.29) is 16.7 Å². The van der Waals surface area contributed by atoms with E-state index >= 15 is 0 Å². The van der Waals surface area contributed by atoms with Crippen LogP contribution in [0.1, 0.15) is 52.0 Å². The van der Waals surface area contributed by atoms with E-state index in [0.717, 1.165) is 47.8 Å². The highest BCUT2D eigenvalue weighted by Crippen LogP contribution is 2.57. The second-order valence-electron chi connectivity index (χ2n) is 8.94. The van der Waals surface area contributed by atoms with Gasteiger partial charge in [-0.3, -0.25) is 10.1 Å². The Morgan fingerprint density at radius 2 is 1.96 bits per heavy atom. The Hall–Kier alpha value is -1.33. The highest BCUT2D eigenvalue weighted by molar-refractivity contribution is 7.98. The summed E-state index contributed by atoms with van der Waals surface area (Å²) in [5.74, 6) is 4.08. The van der Waals surface area contributed by atoms with Crippen molar-refractivity contribution in [3.8, 4) is 0 Å². The van der Waals surface area contributed by atoms with Gasteiger partial charge in [0.05, 0.1) is 11.0 Å². The summed E-state index contributed by atoms with van der Waals surface area (Å²) in [6.07, 6.45) is 6.28. The van der Waals surface area contributed by atoms with Crippen molar-refractivity contribution in [2.45, 2.75) is 58.3 Å². The number of nitro benzene ring substituents is 1. The monoisotopic (exact) mass is 389 g/mol. The van der Waals surface area contributed by atoms with Crippen molar-refractivity contribution in [1.29, 1.82) is 0 Å². The first-order chi connectivity index (χ1) is 12.8. The predicted molar refractivity (Wildman–Crippen MR) is 112 cm³/mol. The van der Waals surface area contributed by atoms with Crippen molar-refractivity contribution < 1.29 is 10.0 Å². The number of allylic oxidation sites excluding steroid dienone is 1. The summed E-state index contributed by atoms with van der Waals surface area (Å²) in [5, 5.41) is 21.2. The summed E-state index contributed by atoms with van der Waals surface area (Å²) >= 11 is 1.92. The molecule has 1 aromatic carbocycles. The van der Waals surface area contributed by atoms with Gasteiger partial charge in [0, 0.05) is 17.9 Å². The molecule has 0 spiro atoms. The number of hydrogen-bond donors (Lipinski definition) is 1. The normalized spacial score (nSPS) is 32.1. The zero-order valence-corrected chi connectivity index (χ0v) is 17.4. The third-order valence-corrected chi connectivity index (χ3v) is 7.87. The molecule has 0 amide bonds. The minimum absolute atomic E-state index is 0.149. The molecule has 4 nitrogen and oxygen atoms in total. The van der Waals surface area contributed by atoms with Crippen molar-refractivity contribution in [3.63, 3.8) is 0 Å². The molecule has 1 N–H and O–H groups in total. The lowest BCUT2D eigenvalue weighted by atomic mass is 9.51. The molecule has 27 heavy (non-hydrogen) atoms.